The van der Waals surface area contributed by atoms with Crippen molar-refractivity contribution in [3.8, 4) is 6.07 Å². The molecule has 2 aliphatic rings. The van der Waals surface area contributed by atoms with Crippen molar-refractivity contribution in [3.63, 3.8) is 0 Å². The number of carbonyl (C=O) groups excluding carboxylic acids is 3. The van der Waals surface area contributed by atoms with Gasteiger partial charge < -0.3 is 15.1 Å². The van der Waals surface area contributed by atoms with Crippen LogP contribution in [0.5, 0.6) is 0 Å². The Morgan fingerprint density at radius 1 is 1.28 bits per heavy atom. The SMILES string of the molecule is CC(C)(C)N1CC(C(=O)N2CCC(CNC(=O)CC#N)CC2)CC1=O. The van der Waals surface area contributed by atoms with Crippen molar-refractivity contribution >= 4 is 17.7 Å². The van der Waals surface area contributed by atoms with Gasteiger partial charge in [0.1, 0.15) is 6.42 Å². The molecule has 0 radical (unpaired) electrons. The molecule has 0 aromatic rings. The van der Waals surface area contributed by atoms with Gasteiger partial charge in [-0.05, 0) is 39.5 Å². The molecule has 1 N–H and O–H groups in total. The summed E-state index contributed by atoms with van der Waals surface area (Å²) in [6.07, 6.45) is 1.86. The lowest BCUT2D eigenvalue weighted by atomic mass is 9.95. The normalized spacial score (nSPS) is 22.0. The summed E-state index contributed by atoms with van der Waals surface area (Å²) >= 11 is 0. The molecule has 2 aliphatic heterocycles. The van der Waals surface area contributed by atoms with Crippen molar-refractivity contribution in [1.82, 2.24) is 15.1 Å². The van der Waals surface area contributed by atoms with Gasteiger partial charge in [0.05, 0.1) is 12.0 Å². The van der Waals surface area contributed by atoms with E-state index in [4.69, 9.17) is 5.26 Å². The molecule has 0 aliphatic carbocycles. The summed E-state index contributed by atoms with van der Waals surface area (Å²) in [5.41, 5.74) is -0.249. The number of hydrogen-bond donors (Lipinski definition) is 1. The largest absolute Gasteiger partial charge is 0.355 e. The Labute approximate surface area is 149 Å². The first-order chi connectivity index (χ1) is 11.7. The van der Waals surface area contributed by atoms with Crippen LogP contribution in [0.4, 0.5) is 0 Å². The van der Waals surface area contributed by atoms with Crippen LogP contribution in [-0.4, -0.2) is 59.2 Å². The summed E-state index contributed by atoms with van der Waals surface area (Å²) < 4.78 is 0. The number of carbonyl (C=O) groups is 3. The zero-order valence-corrected chi connectivity index (χ0v) is 15.4. The van der Waals surface area contributed by atoms with Gasteiger partial charge in [0.15, 0.2) is 0 Å². The van der Waals surface area contributed by atoms with Gasteiger partial charge in [-0.25, -0.2) is 0 Å². The van der Waals surface area contributed by atoms with E-state index in [0.29, 0.717) is 38.5 Å². The summed E-state index contributed by atoms with van der Waals surface area (Å²) in [5, 5.41) is 11.2. The zero-order chi connectivity index (χ0) is 18.6. The Morgan fingerprint density at radius 3 is 2.44 bits per heavy atom. The molecule has 0 spiro atoms. The standard InChI is InChI=1S/C18H28N4O3/c1-18(2,3)22-12-14(10-16(22)24)17(25)21-8-5-13(6-9-21)11-20-15(23)4-7-19/h13-14H,4-6,8-12H2,1-3H3,(H,20,23). The summed E-state index contributed by atoms with van der Waals surface area (Å²) in [6.45, 7) is 8.36. The van der Waals surface area contributed by atoms with Crippen LogP contribution in [0, 0.1) is 23.2 Å². The predicted octanol–water partition coefficient (Wildman–Crippen LogP) is 0.902. The van der Waals surface area contributed by atoms with Gasteiger partial charge in [0, 0.05) is 38.1 Å². The Bertz CT molecular complexity index is 568. The van der Waals surface area contributed by atoms with Crippen LogP contribution in [0.25, 0.3) is 0 Å². The summed E-state index contributed by atoms with van der Waals surface area (Å²) in [7, 11) is 0. The predicted molar refractivity (Wildman–Crippen MR) is 92.1 cm³/mol. The highest BCUT2D eigenvalue weighted by Gasteiger charge is 2.41. The number of amides is 3. The molecule has 7 heteroatoms. The topological polar surface area (TPSA) is 93.5 Å². The Morgan fingerprint density at radius 2 is 1.92 bits per heavy atom. The maximum Gasteiger partial charge on any atom is 0.234 e. The van der Waals surface area contributed by atoms with E-state index in [0.717, 1.165) is 12.8 Å². The molecule has 2 heterocycles. The maximum absolute atomic E-state index is 12.7. The molecule has 25 heavy (non-hydrogen) atoms. The lowest BCUT2D eigenvalue weighted by molar-refractivity contribution is -0.137. The fourth-order valence-corrected chi connectivity index (χ4v) is 3.53. The van der Waals surface area contributed by atoms with Crippen molar-refractivity contribution in [1.29, 1.82) is 5.26 Å². The summed E-state index contributed by atoms with van der Waals surface area (Å²) in [5.74, 6) is -0.0117. The monoisotopic (exact) mass is 348 g/mol. The van der Waals surface area contributed by atoms with Gasteiger partial charge in [-0.15, -0.1) is 0 Å². The summed E-state index contributed by atoms with van der Waals surface area (Å²) in [6, 6.07) is 1.83. The Kier molecular flexibility index (Phi) is 6.04. The number of nitrogens with zero attached hydrogens (tertiary/aromatic N) is 3. The molecule has 2 fully saturated rings. The molecule has 1 atom stereocenters. The number of likely N-dealkylation sites (tertiary alicyclic amines) is 2. The number of nitriles is 1. The van der Waals surface area contributed by atoms with Crippen LogP contribution in [0.3, 0.4) is 0 Å². The van der Waals surface area contributed by atoms with E-state index in [9.17, 15) is 14.4 Å². The second-order valence-corrected chi connectivity index (χ2v) is 7.98. The molecular weight excluding hydrogens is 320 g/mol. The molecule has 0 aromatic carbocycles. The molecule has 0 saturated carbocycles. The minimum Gasteiger partial charge on any atom is -0.355 e. The van der Waals surface area contributed by atoms with E-state index in [1.165, 1.54) is 0 Å². The van der Waals surface area contributed by atoms with Crippen LogP contribution in [0.2, 0.25) is 0 Å². The Balaban J connectivity index is 1.79. The number of hydrogen-bond acceptors (Lipinski definition) is 4. The highest BCUT2D eigenvalue weighted by Crippen LogP contribution is 2.28. The lowest BCUT2D eigenvalue weighted by Crippen LogP contribution is -2.46. The van der Waals surface area contributed by atoms with Crippen LogP contribution in [0.1, 0.15) is 46.5 Å². The highest BCUT2D eigenvalue weighted by molar-refractivity contribution is 5.89. The van der Waals surface area contributed by atoms with Crippen LogP contribution in [0.15, 0.2) is 0 Å². The van der Waals surface area contributed by atoms with Crippen LogP contribution < -0.4 is 5.32 Å². The molecule has 0 aromatic heterocycles. The second-order valence-electron chi connectivity index (χ2n) is 7.98. The third kappa shape index (κ3) is 4.94. The van der Waals surface area contributed by atoms with Crippen molar-refractivity contribution in [2.45, 2.75) is 52.0 Å². The highest BCUT2D eigenvalue weighted by atomic mass is 16.2. The molecule has 0 bridgehead atoms. The van der Waals surface area contributed by atoms with E-state index in [1.54, 1.807) is 4.90 Å². The quantitative estimate of drug-likeness (QED) is 0.817. The number of rotatable bonds is 4. The van der Waals surface area contributed by atoms with Crippen molar-refractivity contribution < 1.29 is 14.4 Å². The number of nitrogens with one attached hydrogen (secondary N) is 1. The summed E-state index contributed by atoms with van der Waals surface area (Å²) in [4.78, 5) is 39.9. The zero-order valence-electron chi connectivity index (χ0n) is 15.4. The van der Waals surface area contributed by atoms with E-state index >= 15 is 0 Å². The molecular formula is C18H28N4O3. The molecule has 1 unspecified atom stereocenters. The molecule has 138 valence electrons. The average Bonchev–Trinajstić information content (AvgIpc) is 2.95. The fraction of sp³-hybridized carbons (Fsp3) is 0.778. The minimum absolute atomic E-state index is 0.0564. The first kappa shape index (κ1) is 19.2. The van der Waals surface area contributed by atoms with Gasteiger partial charge in [0.2, 0.25) is 17.7 Å². The molecule has 3 amide bonds. The average molecular weight is 348 g/mol. The molecule has 2 saturated heterocycles. The van der Waals surface area contributed by atoms with Gasteiger partial charge in [-0.2, -0.15) is 5.26 Å². The van der Waals surface area contributed by atoms with Crippen molar-refractivity contribution in [2.24, 2.45) is 11.8 Å². The van der Waals surface area contributed by atoms with E-state index in [1.807, 2.05) is 31.7 Å². The smallest absolute Gasteiger partial charge is 0.234 e. The third-order valence-electron chi connectivity index (χ3n) is 5.04. The first-order valence-corrected chi connectivity index (χ1v) is 8.95. The van der Waals surface area contributed by atoms with Crippen molar-refractivity contribution in [2.75, 3.05) is 26.2 Å². The van der Waals surface area contributed by atoms with E-state index in [-0.39, 0.29) is 35.6 Å². The van der Waals surface area contributed by atoms with Crippen LogP contribution >= 0.6 is 0 Å². The van der Waals surface area contributed by atoms with Gasteiger partial charge in [0.25, 0.3) is 0 Å². The molecule has 7 nitrogen and oxygen atoms in total. The van der Waals surface area contributed by atoms with E-state index < -0.39 is 0 Å². The lowest BCUT2D eigenvalue weighted by Gasteiger charge is -2.34. The van der Waals surface area contributed by atoms with Crippen molar-refractivity contribution in [3.05, 3.63) is 0 Å². The maximum atomic E-state index is 12.7. The fourth-order valence-electron chi connectivity index (χ4n) is 3.53. The van der Waals surface area contributed by atoms with Gasteiger partial charge >= 0.3 is 0 Å². The Hall–Kier alpha value is -2.10. The first-order valence-electron chi connectivity index (χ1n) is 8.95. The van der Waals surface area contributed by atoms with Gasteiger partial charge in [-0.1, -0.05) is 0 Å². The van der Waals surface area contributed by atoms with Crippen LogP contribution in [-0.2, 0) is 14.4 Å². The number of piperidine rings is 1. The minimum atomic E-state index is -0.249. The second kappa shape index (κ2) is 7.85. The molecule has 2 rings (SSSR count). The van der Waals surface area contributed by atoms with Gasteiger partial charge in [-0.3, -0.25) is 14.4 Å². The third-order valence-corrected chi connectivity index (χ3v) is 5.04. The van der Waals surface area contributed by atoms with E-state index in [2.05, 4.69) is 5.32 Å².